The smallest absolute Gasteiger partial charge is 0.267 e. The highest BCUT2D eigenvalue weighted by Crippen LogP contribution is 2.25. The summed E-state index contributed by atoms with van der Waals surface area (Å²) in [6.07, 6.45) is 2.93. The number of benzene rings is 1. The van der Waals surface area contributed by atoms with Crippen LogP contribution in [-0.2, 0) is 11.3 Å². The Balaban J connectivity index is 2.32. The van der Waals surface area contributed by atoms with Gasteiger partial charge in [0, 0.05) is 19.2 Å². The van der Waals surface area contributed by atoms with Crippen molar-refractivity contribution in [2.45, 2.75) is 27.3 Å². The van der Waals surface area contributed by atoms with Crippen molar-refractivity contribution in [1.82, 2.24) is 19.9 Å². The number of carbonyl (C=O) groups is 1. The van der Waals surface area contributed by atoms with E-state index in [2.05, 4.69) is 42.4 Å². The Morgan fingerprint density at radius 1 is 1.42 bits per heavy atom. The predicted molar refractivity (Wildman–Crippen MR) is 95.8 cm³/mol. The first-order valence-electron chi connectivity index (χ1n) is 7.95. The lowest BCUT2D eigenvalue weighted by Gasteiger charge is -2.29. The molecule has 0 saturated carbocycles. The van der Waals surface area contributed by atoms with Crippen LogP contribution in [0.15, 0.2) is 24.3 Å². The van der Waals surface area contributed by atoms with E-state index >= 15 is 0 Å². The van der Waals surface area contributed by atoms with E-state index in [0.717, 1.165) is 35.5 Å². The maximum Gasteiger partial charge on any atom is 0.267 e. The monoisotopic (exact) mass is 330 g/mol. The molecule has 6 heteroatoms. The molecule has 0 radical (unpaired) electrons. The summed E-state index contributed by atoms with van der Waals surface area (Å²) in [5, 5.41) is 8.52. The third kappa shape index (κ3) is 4.43. The van der Waals surface area contributed by atoms with Gasteiger partial charge in [-0.3, -0.25) is 10.0 Å². The van der Waals surface area contributed by atoms with E-state index in [4.69, 9.17) is 5.21 Å². The molecule has 0 atom stereocenters. The number of imidazole rings is 1. The van der Waals surface area contributed by atoms with Crippen molar-refractivity contribution in [3.63, 3.8) is 0 Å². The molecule has 6 nitrogen and oxygen atoms in total. The van der Waals surface area contributed by atoms with Crippen LogP contribution in [0.5, 0.6) is 0 Å². The molecule has 2 aromatic rings. The quantitative estimate of drug-likeness (QED) is 0.485. The minimum Gasteiger partial charge on any atom is -0.328 e. The van der Waals surface area contributed by atoms with Crippen LogP contribution in [-0.4, -0.2) is 46.2 Å². The van der Waals surface area contributed by atoms with Crippen molar-refractivity contribution in [2.24, 2.45) is 5.41 Å². The molecule has 24 heavy (non-hydrogen) atoms. The van der Waals surface area contributed by atoms with Crippen LogP contribution in [0.2, 0.25) is 0 Å². The second-order valence-electron chi connectivity index (χ2n) is 7.20. The van der Waals surface area contributed by atoms with Crippen LogP contribution < -0.4 is 5.48 Å². The Labute approximate surface area is 142 Å². The molecular formula is C18H26N4O2. The van der Waals surface area contributed by atoms with E-state index < -0.39 is 5.91 Å². The summed E-state index contributed by atoms with van der Waals surface area (Å²) >= 11 is 0. The standard InChI is InChI=1S/C18H26N4O2/c1-13-19-15-10-14(7-9-17(23)20-24)6-8-16(15)22(13)12-18(2,3)11-21(4)5/h6-10,24H,11-12H2,1-5H3,(H,20,23)/b9-7+. The van der Waals surface area contributed by atoms with Gasteiger partial charge in [0.1, 0.15) is 5.82 Å². The van der Waals surface area contributed by atoms with Gasteiger partial charge in [0.05, 0.1) is 11.0 Å². The number of hydroxylamine groups is 1. The molecule has 0 spiro atoms. The zero-order valence-electron chi connectivity index (χ0n) is 15.0. The van der Waals surface area contributed by atoms with Crippen LogP contribution in [0.4, 0.5) is 0 Å². The fraction of sp³-hybridized carbons (Fsp3) is 0.444. The molecule has 0 fully saturated rings. The molecule has 0 bridgehead atoms. The summed E-state index contributed by atoms with van der Waals surface area (Å²) in [5.74, 6) is 0.424. The highest BCUT2D eigenvalue weighted by atomic mass is 16.5. The van der Waals surface area contributed by atoms with Crippen LogP contribution in [0.1, 0.15) is 25.2 Å². The van der Waals surface area contributed by atoms with Crippen molar-refractivity contribution in [3.05, 3.63) is 35.7 Å². The summed E-state index contributed by atoms with van der Waals surface area (Å²) in [4.78, 5) is 17.9. The van der Waals surface area contributed by atoms with Gasteiger partial charge in [0.2, 0.25) is 0 Å². The Kier molecular flexibility index (Phi) is 5.41. The number of nitrogens with zero attached hydrogens (tertiary/aromatic N) is 3. The number of carbonyl (C=O) groups excluding carboxylic acids is 1. The Morgan fingerprint density at radius 3 is 2.75 bits per heavy atom. The van der Waals surface area contributed by atoms with Gasteiger partial charge in [-0.05, 0) is 50.2 Å². The van der Waals surface area contributed by atoms with E-state index in [1.54, 1.807) is 11.6 Å². The average molecular weight is 330 g/mol. The SMILES string of the molecule is Cc1nc2cc(/C=C/C(=O)NO)ccc2n1CC(C)(C)CN(C)C. The maximum atomic E-state index is 11.1. The highest BCUT2D eigenvalue weighted by molar-refractivity contribution is 5.91. The summed E-state index contributed by atoms with van der Waals surface area (Å²) in [6.45, 7) is 8.39. The van der Waals surface area contributed by atoms with Gasteiger partial charge >= 0.3 is 0 Å². The van der Waals surface area contributed by atoms with Gasteiger partial charge in [0.15, 0.2) is 0 Å². The molecule has 0 aliphatic carbocycles. The van der Waals surface area contributed by atoms with Gasteiger partial charge in [-0.2, -0.15) is 0 Å². The Bertz CT molecular complexity index is 760. The Hall–Kier alpha value is -2.18. The van der Waals surface area contributed by atoms with E-state index in [9.17, 15) is 4.79 Å². The molecule has 2 rings (SSSR count). The molecule has 0 saturated heterocycles. The van der Waals surface area contributed by atoms with E-state index in [1.165, 1.54) is 6.08 Å². The molecule has 0 unspecified atom stereocenters. The number of hydrogen-bond acceptors (Lipinski definition) is 4. The minimum absolute atomic E-state index is 0.125. The number of rotatable bonds is 6. The normalized spacial score (nSPS) is 12.5. The second kappa shape index (κ2) is 7.15. The van der Waals surface area contributed by atoms with E-state index in [0.29, 0.717) is 0 Å². The first-order chi connectivity index (χ1) is 11.2. The summed E-state index contributed by atoms with van der Waals surface area (Å²) in [5.41, 5.74) is 4.55. The third-order valence-electron chi connectivity index (χ3n) is 3.83. The van der Waals surface area contributed by atoms with E-state index in [-0.39, 0.29) is 5.41 Å². The number of aromatic nitrogens is 2. The number of fused-ring (bicyclic) bond motifs is 1. The molecule has 1 amide bonds. The molecule has 1 heterocycles. The van der Waals surface area contributed by atoms with Gasteiger partial charge in [-0.25, -0.2) is 10.5 Å². The first-order valence-corrected chi connectivity index (χ1v) is 7.95. The molecule has 2 N–H and O–H groups in total. The Morgan fingerprint density at radius 2 is 2.12 bits per heavy atom. The zero-order valence-corrected chi connectivity index (χ0v) is 15.0. The number of amides is 1. The van der Waals surface area contributed by atoms with Crippen molar-refractivity contribution >= 4 is 23.0 Å². The lowest BCUT2D eigenvalue weighted by molar-refractivity contribution is -0.124. The third-order valence-corrected chi connectivity index (χ3v) is 3.83. The fourth-order valence-electron chi connectivity index (χ4n) is 3.11. The van der Waals surface area contributed by atoms with Gasteiger partial charge in [0.25, 0.3) is 5.91 Å². The van der Waals surface area contributed by atoms with Crippen molar-refractivity contribution < 1.29 is 10.0 Å². The molecular weight excluding hydrogens is 304 g/mol. The summed E-state index contributed by atoms with van der Waals surface area (Å²) in [6, 6.07) is 5.91. The number of nitrogens with one attached hydrogen (secondary N) is 1. The average Bonchev–Trinajstić information content (AvgIpc) is 2.78. The summed E-state index contributed by atoms with van der Waals surface area (Å²) < 4.78 is 2.24. The van der Waals surface area contributed by atoms with Gasteiger partial charge in [-0.15, -0.1) is 0 Å². The van der Waals surface area contributed by atoms with Crippen LogP contribution in [0.3, 0.4) is 0 Å². The summed E-state index contributed by atoms with van der Waals surface area (Å²) in [7, 11) is 4.17. The first kappa shape index (κ1) is 18.2. The molecule has 1 aromatic carbocycles. The van der Waals surface area contributed by atoms with Gasteiger partial charge in [-0.1, -0.05) is 19.9 Å². The molecule has 1 aromatic heterocycles. The van der Waals surface area contributed by atoms with Crippen LogP contribution in [0, 0.1) is 12.3 Å². The fourth-order valence-corrected chi connectivity index (χ4v) is 3.11. The topological polar surface area (TPSA) is 70.4 Å². The minimum atomic E-state index is -0.553. The molecule has 0 aliphatic heterocycles. The lowest BCUT2D eigenvalue weighted by Crippen LogP contribution is -2.32. The van der Waals surface area contributed by atoms with Crippen LogP contribution in [0.25, 0.3) is 17.1 Å². The number of aryl methyl sites for hydroxylation is 1. The zero-order chi connectivity index (χ0) is 17.9. The van der Waals surface area contributed by atoms with Crippen molar-refractivity contribution in [3.8, 4) is 0 Å². The maximum absolute atomic E-state index is 11.1. The molecule has 130 valence electrons. The number of hydrogen-bond donors (Lipinski definition) is 2. The molecule has 0 aliphatic rings. The highest BCUT2D eigenvalue weighted by Gasteiger charge is 2.22. The lowest BCUT2D eigenvalue weighted by atomic mass is 9.92. The van der Waals surface area contributed by atoms with E-state index in [1.807, 2.05) is 25.1 Å². The van der Waals surface area contributed by atoms with Crippen LogP contribution >= 0.6 is 0 Å². The predicted octanol–water partition coefficient (Wildman–Crippen LogP) is 2.45. The second-order valence-corrected chi connectivity index (χ2v) is 7.20. The van der Waals surface area contributed by atoms with Gasteiger partial charge < -0.3 is 9.47 Å². The van der Waals surface area contributed by atoms with Crippen molar-refractivity contribution in [2.75, 3.05) is 20.6 Å². The largest absolute Gasteiger partial charge is 0.328 e. The van der Waals surface area contributed by atoms with Crippen molar-refractivity contribution in [1.29, 1.82) is 0 Å².